The quantitative estimate of drug-likeness (QED) is 0.793. The molecular formula is C21H26N2O3. The maximum Gasteiger partial charge on any atom is 0.253 e. The van der Waals surface area contributed by atoms with Crippen LogP contribution < -0.4 is 10.2 Å². The average molecular weight is 354 g/mol. The number of carbonyl (C=O) groups excluding carboxylic acids is 2. The first-order valence-corrected chi connectivity index (χ1v) is 8.71. The van der Waals surface area contributed by atoms with E-state index in [1.807, 2.05) is 68.4 Å². The van der Waals surface area contributed by atoms with Gasteiger partial charge in [-0.2, -0.15) is 0 Å². The molecule has 0 atom stereocenters. The third kappa shape index (κ3) is 6.01. The zero-order chi connectivity index (χ0) is 18.9. The molecule has 0 aliphatic rings. The van der Waals surface area contributed by atoms with Gasteiger partial charge in [-0.1, -0.05) is 42.5 Å². The van der Waals surface area contributed by atoms with Gasteiger partial charge in [-0.25, -0.2) is 0 Å². The molecule has 0 aliphatic heterocycles. The molecule has 0 unspecified atom stereocenters. The maximum absolute atomic E-state index is 12.5. The zero-order valence-corrected chi connectivity index (χ0v) is 15.6. The van der Waals surface area contributed by atoms with Crippen LogP contribution in [0.4, 0.5) is 5.69 Å². The van der Waals surface area contributed by atoms with Gasteiger partial charge in [-0.15, -0.1) is 0 Å². The van der Waals surface area contributed by atoms with Crippen molar-refractivity contribution >= 4 is 17.5 Å². The van der Waals surface area contributed by atoms with Gasteiger partial charge in [0.15, 0.2) is 0 Å². The number of methoxy groups -OCH3 is 1. The smallest absolute Gasteiger partial charge is 0.253 e. The maximum atomic E-state index is 12.5. The minimum atomic E-state index is -0.125. The van der Waals surface area contributed by atoms with E-state index < -0.39 is 0 Å². The summed E-state index contributed by atoms with van der Waals surface area (Å²) in [6, 6.07) is 17.4. The van der Waals surface area contributed by atoms with E-state index in [9.17, 15) is 9.59 Å². The summed E-state index contributed by atoms with van der Waals surface area (Å²) in [4.78, 5) is 26.3. The molecule has 2 rings (SSSR count). The molecule has 0 radical (unpaired) electrons. The van der Waals surface area contributed by atoms with Crippen LogP contribution in [0.1, 0.15) is 25.0 Å². The lowest BCUT2D eigenvalue weighted by molar-refractivity contribution is -0.122. The van der Waals surface area contributed by atoms with Gasteiger partial charge in [0.2, 0.25) is 5.91 Å². The standard InChI is InChI=1S/C21H26N2O3/c1-16(2)22-20(24)13-18-10-7-11-19(12-18)23(21(25)15-26-3)14-17-8-5-4-6-9-17/h4-12,16H,13-15H2,1-3H3,(H,22,24). The van der Waals surface area contributed by atoms with E-state index in [0.29, 0.717) is 6.54 Å². The van der Waals surface area contributed by atoms with Crippen molar-refractivity contribution in [3.63, 3.8) is 0 Å². The highest BCUT2D eigenvalue weighted by atomic mass is 16.5. The van der Waals surface area contributed by atoms with Gasteiger partial charge in [0, 0.05) is 18.8 Å². The normalized spacial score (nSPS) is 10.6. The Morgan fingerprint density at radius 3 is 2.38 bits per heavy atom. The lowest BCUT2D eigenvalue weighted by Crippen LogP contribution is -2.33. The average Bonchev–Trinajstić information content (AvgIpc) is 2.60. The summed E-state index contributed by atoms with van der Waals surface area (Å²) >= 11 is 0. The van der Waals surface area contributed by atoms with Gasteiger partial charge >= 0.3 is 0 Å². The van der Waals surface area contributed by atoms with Crippen molar-refractivity contribution in [3.05, 3.63) is 65.7 Å². The predicted molar refractivity (Wildman–Crippen MR) is 103 cm³/mol. The second-order valence-corrected chi connectivity index (χ2v) is 6.47. The van der Waals surface area contributed by atoms with Crippen LogP contribution in [0.25, 0.3) is 0 Å². The summed E-state index contributed by atoms with van der Waals surface area (Å²) in [6.07, 6.45) is 0.281. The second-order valence-electron chi connectivity index (χ2n) is 6.47. The Morgan fingerprint density at radius 2 is 1.73 bits per heavy atom. The minimum absolute atomic E-state index is 0.00486. The van der Waals surface area contributed by atoms with E-state index in [4.69, 9.17) is 4.74 Å². The second kappa shape index (κ2) is 9.73. The number of ether oxygens (including phenoxy) is 1. The molecule has 0 aromatic heterocycles. The number of hydrogen-bond acceptors (Lipinski definition) is 3. The van der Waals surface area contributed by atoms with Crippen molar-refractivity contribution in [3.8, 4) is 0 Å². The molecule has 5 heteroatoms. The van der Waals surface area contributed by atoms with E-state index in [0.717, 1.165) is 16.8 Å². The molecule has 0 aliphatic carbocycles. The molecule has 0 bridgehead atoms. The van der Waals surface area contributed by atoms with Crippen LogP contribution >= 0.6 is 0 Å². The molecule has 2 aromatic rings. The van der Waals surface area contributed by atoms with E-state index >= 15 is 0 Å². The van der Waals surface area contributed by atoms with Gasteiger partial charge in [-0.05, 0) is 37.1 Å². The molecule has 0 fully saturated rings. The van der Waals surface area contributed by atoms with E-state index in [1.165, 1.54) is 7.11 Å². The number of benzene rings is 2. The van der Waals surface area contributed by atoms with Crippen LogP contribution in [0.3, 0.4) is 0 Å². The monoisotopic (exact) mass is 354 g/mol. The number of rotatable bonds is 8. The molecule has 0 saturated carbocycles. The Balaban J connectivity index is 2.22. The largest absolute Gasteiger partial charge is 0.375 e. The molecule has 0 heterocycles. The SMILES string of the molecule is COCC(=O)N(Cc1ccccc1)c1cccc(CC(=O)NC(C)C)c1. The number of hydrogen-bond donors (Lipinski definition) is 1. The van der Waals surface area contributed by atoms with Gasteiger partial charge in [-0.3, -0.25) is 9.59 Å². The molecule has 26 heavy (non-hydrogen) atoms. The first-order valence-electron chi connectivity index (χ1n) is 8.71. The summed E-state index contributed by atoms with van der Waals surface area (Å²) in [7, 11) is 1.51. The number of nitrogens with zero attached hydrogens (tertiary/aromatic N) is 1. The number of anilines is 1. The molecule has 0 saturated heterocycles. The molecule has 138 valence electrons. The van der Waals surface area contributed by atoms with Crippen molar-refractivity contribution in [1.82, 2.24) is 5.32 Å². The minimum Gasteiger partial charge on any atom is -0.375 e. The van der Waals surface area contributed by atoms with Crippen molar-refractivity contribution < 1.29 is 14.3 Å². The third-order valence-electron chi connectivity index (χ3n) is 3.79. The first-order chi connectivity index (χ1) is 12.5. The van der Waals surface area contributed by atoms with Crippen molar-refractivity contribution in [2.45, 2.75) is 32.9 Å². The highest BCUT2D eigenvalue weighted by molar-refractivity contribution is 5.94. The Labute approximate surface area is 155 Å². The Hall–Kier alpha value is -2.66. The summed E-state index contributed by atoms with van der Waals surface area (Å²) in [5.74, 6) is -0.157. The van der Waals surface area contributed by atoms with E-state index in [1.54, 1.807) is 4.90 Å². The van der Waals surface area contributed by atoms with E-state index in [-0.39, 0.29) is 30.9 Å². The first kappa shape index (κ1) is 19.7. The topological polar surface area (TPSA) is 58.6 Å². The van der Waals surface area contributed by atoms with Crippen molar-refractivity contribution in [1.29, 1.82) is 0 Å². The fourth-order valence-electron chi connectivity index (χ4n) is 2.68. The molecule has 1 N–H and O–H groups in total. The van der Waals surface area contributed by atoms with Crippen LogP contribution in [0.5, 0.6) is 0 Å². The van der Waals surface area contributed by atoms with Gasteiger partial charge in [0.05, 0.1) is 13.0 Å². The van der Waals surface area contributed by atoms with Crippen LogP contribution in [-0.4, -0.2) is 31.6 Å². The van der Waals surface area contributed by atoms with Gasteiger partial charge in [0.25, 0.3) is 5.91 Å². The summed E-state index contributed by atoms with van der Waals surface area (Å²) < 4.78 is 5.03. The van der Waals surface area contributed by atoms with E-state index in [2.05, 4.69) is 5.32 Å². The van der Waals surface area contributed by atoms with Crippen molar-refractivity contribution in [2.75, 3.05) is 18.6 Å². The Kier molecular flexibility index (Phi) is 7.36. The van der Waals surface area contributed by atoms with Crippen molar-refractivity contribution in [2.24, 2.45) is 0 Å². The highest BCUT2D eigenvalue weighted by Gasteiger charge is 2.17. The number of amides is 2. The number of carbonyl (C=O) groups is 2. The molecule has 2 aromatic carbocycles. The summed E-state index contributed by atoms with van der Waals surface area (Å²) in [5, 5.41) is 2.88. The Bertz CT molecular complexity index is 729. The van der Waals surface area contributed by atoms with Crippen LogP contribution in [0.15, 0.2) is 54.6 Å². The Morgan fingerprint density at radius 1 is 1.04 bits per heavy atom. The highest BCUT2D eigenvalue weighted by Crippen LogP contribution is 2.20. The number of nitrogens with one attached hydrogen (secondary N) is 1. The summed E-state index contributed by atoms with van der Waals surface area (Å²) in [6.45, 7) is 4.31. The van der Waals surface area contributed by atoms with Crippen LogP contribution in [0, 0.1) is 0 Å². The molecule has 2 amide bonds. The molecule has 0 spiro atoms. The van der Waals surface area contributed by atoms with Crippen LogP contribution in [0.2, 0.25) is 0 Å². The third-order valence-corrected chi connectivity index (χ3v) is 3.79. The summed E-state index contributed by atoms with van der Waals surface area (Å²) in [5.41, 5.74) is 2.65. The fourth-order valence-corrected chi connectivity index (χ4v) is 2.68. The van der Waals surface area contributed by atoms with Gasteiger partial charge < -0.3 is 15.0 Å². The van der Waals surface area contributed by atoms with Crippen LogP contribution in [-0.2, 0) is 27.3 Å². The molecular weight excluding hydrogens is 328 g/mol. The fraction of sp³-hybridized carbons (Fsp3) is 0.333. The predicted octanol–water partition coefficient (Wildman–Crippen LogP) is 2.93. The zero-order valence-electron chi connectivity index (χ0n) is 15.6. The lowest BCUT2D eigenvalue weighted by Gasteiger charge is -2.23. The lowest BCUT2D eigenvalue weighted by atomic mass is 10.1. The molecule has 5 nitrogen and oxygen atoms in total. The van der Waals surface area contributed by atoms with Gasteiger partial charge in [0.1, 0.15) is 6.61 Å².